The molecule has 0 radical (unpaired) electrons. The van der Waals surface area contributed by atoms with Gasteiger partial charge in [-0.15, -0.1) is 0 Å². The first kappa shape index (κ1) is 19.2. The predicted octanol–water partition coefficient (Wildman–Crippen LogP) is 0.639. The van der Waals surface area contributed by atoms with E-state index in [-0.39, 0.29) is 17.7 Å². The van der Waals surface area contributed by atoms with Crippen LogP contribution in [0.1, 0.15) is 23.2 Å². The molecule has 1 saturated heterocycles. The number of methoxy groups -OCH3 is 1. The fourth-order valence-electron chi connectivity index (χ4n) is 2.89. The molecule has 25 heavy (non-hydrogen) atoms. The Morgan fingerprint density at radius 1 is 1.32 bits per heavy atom. The lowest BCUT2D eigenvalue weighted by Crippen LogP contribution is -2.46. The molecule has 0 aliphatic carbocycles. The van der Waals surface area contributed by atoms with E-state index < -0.39 is 0 Å². The lowest BCUT2D eigenvalue weighted by atomic mass is 9.96. The van der Waals surface area contributed by atoms with Crippen molar-refractivity contribution in [3.63, 3.8) is 0 Å². The van der Waals surface area contributed by atoms with Crippen molar-refractivity contribution in [2.75, 3.05) is 46.5 Å². The van der Waals surface area contributed by atoms with Crippen LogP contribution in [0, 0.1) is 5.92 Å². The Morgan fingerprint density at radius 2 is 2.12 bits per heavy atom. The zero-order valence-corrected chi connectivity index (χ0v) is 14.7. The summed E-state index contributed by atoms with van der Waals surface area (Å²) in [7, 11) is 1.60. The largest absolute Gasteiger partial charge is 0.490 e. The van der Waals surface area contributed by atoms with Crippen LogP contribution in [0.4, 0.5) is 0 Å². The van der Waals surface area contributed by atoms with Crippen molar-refractivity contribution in [1.82, 2.24) is 10.2 Å². The Labute approximate surface area is 148 Å². The molecule has 0 aromatic heterocycles. The number of para-hydroxylation sites is 1. The standard InChI is InChI=1S/C18H27N3O4/c1-24-11-12-25-16-7-3-2-6-15(16)18(23)21-10-4-5-14(13-21)17(22)20-9-8-19/h2-3,6-7,14H,4-5,8-13,19H2,1H3,(H,20,22). The summed E-state index contributed by atoms with van der Waals surface area (Å²) in [5.74, 6) is 0.210. The molecule has 0 spiro atoms. The van der Waals surface area contributed by atoms with E-state index >= 15 is 0 Å². The number of hydrogen-bond acceptors (Lipinski definition) is 5. The van der Waals surface area contributed by atoms with Gasteiger partial charge in [0.25, 0.3) is 5.91 Å². The predicted molar refractivity (Wildman–Crippen MR) is 94.5 cm³/mol. The van der Waals surface area contributed by atoms with Gasteiger partial charge in [0.1, 0.15) is 12.4 Å². The molecular weight excluding hydrogens is 322 g/mol. The van der Waals surface area contributed by atoms with Crippen LogP contribution in [0.3, 0.4) is 0 Å². The SMILES string of the molecule is COCCOc1ccccc1C(=O)N1CCCC(C(=O)NCCN)C1. The number of carbonyl (C=O) groups is 2. The first-order chi connectivity index (χ1) is 12.2. The van der Waals surface area contributed by atoms with Gasteiger partial charge in [-0.1, -0.05) is 12.1 Å². The number of likely N-dealkylation sites (tertiary alicyclic amines) is 1. The molecule has 1 aromatic carbocycles. The Balaban J connectivity index is 2.03. The van der Waals surface area contributed by atoms with E-state index in [4.69, 9.17) is 15.2 Å². The summed E-state index contributed by atoms with van der Waals surface area (Å²) in [6.45, 7) is 2.76. The number of rotatable bonds is 8. The second-order valence-electron chi connectivity index (χ2n) is 6.01. The number of carbonyl (C=O) groups excluding carboxylic acids is 2. The highest BCUT2D eigenvalue weighted by atomic mass is 16.5. The average Bonchev–Trinajstić information content (AvgIpc) is 2.66. The van der Waals surface area contributed by atoms with Crippen molar-refractivity contribution in [3.8, 4) is 5.75 Å². The summed E-state index contributed by atoms with van der Waals surface area (Å²) in [4.78, 5) is 26.8. The van der Waals surface area contributed by atoms with Crippen molar-refractivity contribution in [2.24, 2.45) is 11.7 Å². The van der Waals surface area contributed by atoms with Gasteiger partial charge in [-0.25, -0.2) is 0 Å². The van der Waals surface area contributed by atoms with Crippen LogP contribution in [0.5, 0.6) is 5.75 Å². The minimum Gasteiger partial charge on any atom is -0.490 e. The van der Waals surface area contributed by atoms with Gasteiger partial charge in [-0.3, -0.25) is 9.59 Å². The highest BCUT2D eigenvalue weighted by Gasteiger charge is 2.29. The smallest absolute Gasteiger partial charge is 0.257 e. The number of benzene rings is 1. The van der Waals surface area contributed by atoms with Crippen LogP contribution < -0.4 is 15.8 Å². The molecule has 3 N–H and O–H groups in total. The van der Waals surface area contributed by atoms with Gasteiger partial charge >= 0.3 is 0 Å². The minimum absolute atomic E-state index is 0.0346. The summed E-state index contributed by atoms with van der Waals surface area (Å²) in [5.41, 5.74) is 5.94. The normalized spacial score (nSPS) is 17.2. The highest BCUT2D eigenvalue weighted by Crippen LogP contribution is 2.24. The quantitative estimate of drug-likeness (QED) is 0.672. The molecule has 0 bridgehead atoms. The van der Waals surface area contributed by atoms with Crippen LogP contribution in [-0.2, 0) is 9.53 Å². The molecule has 7 nitrogen and oxygen atoms in total. The van der Waals surface area contributed by atoms with Crippen LogP contribution in [0.15, 0.2) is 24.3 Å². The molecule has 2 amide bonds. The van der Waals surface area contributed by atoms with Crippen molar-refractivity contribution in [1.29, 1.82) is 0 Å². The van der Waals surface area contributed by atoms with Gasteiger partial charge in [0.2, 0.25) is 5.91 Å². The maximum absolute atomic E-state index is 12.9. The molecule has 138 valence electrons. The number of amides is 2. The van der Waals surface area contributed by atoms with Crippen molar-refractivity contribution >= 4 is 11.8 Å². The maximum atomic E-state index is 12.9. The van der Waals surface area contributed by atoms with Gasteiger partial charge in [-0.2, -0.15) is 0 Å². The summed E-state index contributed by atoms with van der Waals surface area (Å²) >= 11 is 0. The minimum atomic E-state index is -0.189. The van der Waals surface area contributed by atoms with E-state index in [1.807, 2.05) is 12.1 Å². The second kappa shape index (κ2) is 10.0. The monoisotopic (exact) mass is 349 g/mol. The first-order valence-corrected chi connectivity index (χ1v) is 8.65. The Hall–Kier alpha value is -2.12. The van der Waals surface area contributed by atoms with Crippen LogP contribution in [0.25, 0.3) is 0 Å². The molecule has 2 rings (SSSR count). The van der Waals surface area contributed by atoms with Crippen molar-refractivity contribution in [2.45, 2.75) is 12.8 Å². The Kier molecular flexibility index (Phi) is 7.69. The van der Waals surface area contributed by atoms with Gasteiger partial charge in [0.05, 0.1) is 18.1 Å². The zero-order valence-electron chi connectivity index (χ0n) is 14.7. The number of ether oxygens (including phenoxy) is 2. The summed E-state index contributed by atoms with van der Waals surface area (Å²) in [6.07, 6.45) is 1.59. The molecule has 1 aromatic rings. The molecule has 1 atom stereocenters. The summed E-state index contributed by atoms with van der Waals surface area (Å²) in [6, 6.07) is 7.17. The molecule has 1 fully saturated rings. The lowest BCUT2D eigenvalue weighted by Gasteiger charge is -2.32. The van der Waals surface area contributed by atoms with Crippen molar-refractivity contribution < 1.29 is 19.1 Å². The third-order valence-electron chi connectivity index (χ3n) is 4.19. The van der Waals surface area contributed by atoms with Gasteiger partial charge in [0.15, 0.2) is 0 Å². The molecule has 7 heteroatoms. The summed E-state index contributed by atoms with van der Waals surface area (Å²) < 4.78 is 10.6. The lowest BCUT2D eigenvalue weighted by molar-refractivity contribution is -0.126. The molecule has 1 aliphatic heterocycles. The maximum Gasteiger partial charge on any atom is 0.257 e. The second-order valence-corrected chi connectivity index (χ2v) is 6.01. The zero-order chi connectivity index (χ0) is 18.1. The third kappa shape index (κ3) is 5.44. The van der Waals surface area contributed by atoms with Crippen LogP contribution in [0.2, 0.25) is 0 Å². The topological polar surface area (TPSA) is 93.9 Å². The Bertz CT molecular complexity index is 579. The van der Waals surface area contributed by atoms with E-state index in [1.54, 1.807) is 24.1 Å². The van der Waals surface area contributed by atoms with Crippen molar-refractivity contribution in [3.05, 3.63) is 29.8 Å². The molecule has 1 heterocycles. The van der Waals surface area contributed by atoms with Gasteiger partial charge in [0, 0.05) is 33.3 Å². The molecular formula is C18H27N3O4. The van der Waals surface area contributed by atoms with E-state index in [2.05, 4.69) is 5.32 Å². The van der Waals surface area contributed by atoms with Gasteiger partial charge in [-0.05, 0) is 25.0 Å². The highest BCUT2D eigenvalue weighted by molar-refractivity contribution is 5.97. The van der Waals surface area contributed by atoms with E-state index in [9.17, 15) is 9.59 Å². The van der Waals surface area contributed by atoms with E-state index in [0.29, 0.717) is 50.7 Å². The van der Waals surface area contributed by atoms with Crippen LogP contribution >= 0.6 is 0 Å². The number of piperidine rings is 1. The fraction of sp³-hybridized carbons (Fsp3) is 0.556. The molecule has 0 saturated carbocycles. The first-order valence-electron chi connectivity index (χ1n) is 8.65. The number of nitrogens with two attached hydrogens (primary N) is 1. The molecule has 1 unspecified atom stereocenters. The number of hydrogen-bond donors (Lipinski definition) is 2. The van der Waals surface area contributed by atoms with E-state index in [1.165, 1.54) is 0 Å². The Morgan fingerprint density at radius 3 is 2.88 bits per heavy atom. The number of nitrogens with one attached hydrogen (secondary N) is 1. The van der Waals surface area contributed by atoms with E-state index in [0.717, 1.165) is 12.8 Å². The van der Waals surface area contributed by atoms with Crippen LogP contribution in [-0.4, -0.2) is 63.2 Å². The fourth-order valence-corrected chi connectivity index (χ4v) is 2.89. The van der Waals surface area contributed by atoms with Gasteiger partial charge < -0.3 is 25.4 Å². The summed E-state index contributed by atoms with van der Waals surface area (Å²) in [5, 5.41) is 2.81. The molecule has 1 aliphatic rings. The average molecular weight is 349 g/mol. The third-order valence-corrected chi connectivity index (χ3v) is 4.19. The number of nitrogens with zero attached hydrogens (tertiary/aromatic N) is 1.